The number of amides is 2. The summed E-state index contributed by atoms with van der Waals surface area (Å²) in [7, 11) is 3.13. The van der Waals surface area contributed by atoms with Crippen LogP contribution in [0.5, 0.6) is 0 Å². The smallest absolute Gasteiger partial charge is 0.235 e. The molecule has 1 fully saturated rings. The SMILES string of the molecule is COCCNC(=O)C1(C(=O)NCCOC)CC1. The Kier molecular flexibility index (Phi) is 5.37. The van der Waals surface area contributed by atoms with Gasteiger partial charge < -0.3 is 20.1 Å². The summed E-state index contributed by atoms with van der Waals surface area (Å²) in [4.78, 5) is 23.6. The molecule has 1 saturated carbocycles. The number of carbonyl (C=O) groups excluding carboxylic acids is 2. The molecule has 0 spiro atoms. The predicted molar refractivity (Wildman–Crippen MR) is 61.4 cm³/mol. The van der Waals surface area contributed by atoms with Gasteiger partial charge in [0.15, 0.2) is 0 Å². The molecule has 17 heavy (non-hydrogen) atoms. The Morgan fingerprint density at radius 1 is 1.00 bits per heavy atom. The molecule has 0 heterocycles. The first-order valence-corrected chi connectivity index (χ1v) is 5.72. The lowest BCUT2D eigenvalue weighted by molar-refractivity contribution is -0.137. The Morgan fingerprint density at radius 3 is 1.71 bits per heavy atom. The number of nitrogens with one attached hydrogen (secondary N) is 2. The fourth-order valence-corrected chi connectivity index (χ4v) is 1.55. The van der Waals surface area contributed by atoms with E-state index in [4.69, 9.17) is 9.47 Å². The molecular formula is C11H20N2O4. The molecule has 0 atom stereocenters. The van der Waals surface area contributed by atoms with E-state index in [1.807, 2.05) is 0 Å². The first-order valence-electron chi connectivity index (χ1n) is 5.72. The molecule has 1 rings (SSSR count). The summed E-state index contributed by atoms with van der Waals surface area (Å²) in [6.45, 7) is 1.77. The zero-order valence-electron chi connectivity index (χ0n) is 10.4. The molecule has 0 aromatic carbocycles. The highest BCUT2D eigenvalue weighted by molar-refractivity contribution is 6.07. The molecule has 98 valence electrons. The van der Waals surface area contributed by atoms with Crippen molar-refractivity contribution < 1.29 is 19.1 Å². The van der Waals surface area contributed by atoms with Crippen LogP contribution < -0.4 is 10.6 Å². The third kappa shape index (κ3) is 3.67. The second-order valence-corrected chi connectivity index (χ2v) is 4.08. The summed E-state index contributed by atoms with van der Waals surface area (Å²) in [6, 6.07) is 0. The topological polar surface area (TPSA) is 76.7 Å². The summed E-state index contributed by atoms with van der Waals surface area (Å²) < 4.78 is 9.67. The molecule has 2 amide bonds. The monoisotopic (exact) mass is 244 g/mol. The van der Waals surface area contributed by atoms with Crippen molar-refractivity contribution in [2.75, 3.05) is 40.5 Å². The minimum Gasteiger partial charge on any atom is -0.383 e. The van der Waals surface area contributed by atoms with E-state index >= 15 is 0 Å². The van der Waals surface area contributed by atoms with Gasteiger partial charge >= 0.3 is 0 Å². The minimum atomic E-state index is -0.846. The van der Waals surface area contributed by atoms with Gasteiger partial charge in [-0.05, 0) is 12.8 Å². The van der Waals surface area contributed by atoms with E-state index in [0.29, 0.717) is 39.1 Å². The molecule has 6 heteroatoms. The van der Waals surface area contributed by atoms with Crippen molar-refractivity contribution >= 4 is 11.8 Å². The summed E-state index contributed by atoms with van der Waals surface area (Å²) in [5.41, 5.74) is -0.846. The molecule has 2 N–H and O–H groups in total. The Morgan fingerprint density at radius 2 is 1.41 bits per heavy atom. The lowest BCUT2D eigenvalue weighted by Gasteiger charge is -2.15. The first kappa shape index (κ1) is 13.9. The van der Waals surface area contributed by atoms with Crippen LogP contribution in [-0.2, 0) is 19.1 Å². The summed E-state index contributed by atoms with van der Waals surface area (Å²) in [5, 5.41) is 5.40. The zero-order chi connectivity index (χ0) is 12.7. The molecular weight excluding hydrogens is 224 g/mol. The second-order valence-electron chi connectivity index (χ2n) is 4.08. The van der Waals surface area contributed by atoms with Crippen molar-refractivity contribution in [1.29, 1.82) is 0 Å². The van der Waals surface area contributed by atoms with Crippen LogP contribution in [0.2, 0.25) is 0 Å². The number of carbonyl (C=O) groups is 2. The third-order valence-electron chi connectivity index (χ3n) is 2.80. The Balaban J connectivity index is 2.34. The van der Waals surface area contributed by atoms with E-state index < -0.39 is 5.41 Å². The second kappa shape index (κ2) is 6.56. The van der Waals surface area contributed by atoms with Gasteiger partial charge in [-0.15, -0.1) is 0 Å². The maximum atomic E-state index is 11.8. The van der Waals surface area contributed by atoms with E-state index in [1.165, 1.54) is 0 Å². The van der Waals surface area contributed by atoms with Crippen LogP contribution in [0.3, 0.4) is 0 Å². The number of rotatable bonds is 8. The minimum absolute atomic E-state index is 0.204. The quantitative estimate of drug-likeness (QED) is 0.437. The van der Waals surface area contributed by atoms with Crippen LogP contribution in [0.1, 0.15) is 12.8 Å². The molecule has 0 aromatic rings. The van der Waals surface area contributed by atoms with Crippen LogP contribution in [0, 0.1) is 5.41 Å². The number of hydrogen-bond acceptors (Lipinski definition) is 4. The van der Waals surface area contributed by atoms with Gasteiger partial charge in [0.2, 0.25) is 11.8 Å². The highest BCUT2D eigenvalue weighted by Gasteiger charge is 2.56. The van der Waals surface area contributed by atoms with Crippen LogP contribution in [0.4, 0.5) is 0 Å². The van der Waals surface area contributed by atoms with Gasteiger partial charge in [-0.1, -0.05) is 0 Å². The van der Waals surface area contributed by atoms with Gasteiger partial charge in [0.25, 0.3) is 0 Å². The summed E-state index contributed by atoms with van der Waals surface area (Å²) >= 11 is 0. The predicted octanol–water partition coefficient (Wildman–Crippen LogP) is -0.708. The Labute approximate surface area is 101 Å². The van der Waals surface area contributed by atoms with Gasteiger partial charge in [0, 0.05) is 27.3 Å². The third-order valence-corrected chi connectivity index (χ3v) is 2.80. The Bertz CT molecular complexity index is 253. The van der Waals surface area contributed by atoms with Crippen molar-refractivity contribution in [1.82, 2.24) is 10.6 Å². The maximum absolute atomic E-state index is 11.8. The van der Waals surface area contributed by atoms with Crippen LogP contribution in [0.25, 0.3) is 0 Å². The molecule has 6 nitrogen and oxygen atoms in total. The number of ether oxygens (including phenoxy) is 2. The standard InChI is InChI=1S/C11H20N2O4/c1-16-7-5-12-9(14)11(3-4-11)10(15)13-6-8-17-2/h3-8H2,1-2H3,(H,12,14)(H,13,15). The molecule has 0 unspecified atom stereocenters. The number of methoxy groups -OCH3 is 2. The first-order chi connectivity index (χ1) is 8.17. The zero-order valence-corrected chi connectivity index (χ0v) is 10.4. The molecule has 0 aromatic heterocycles. The highest BCUT2D eigenvalue weighted by Crippen LogP contribution is 2.46. The van der Waals surface area contributed by atoms with Gasteiger partial charge in [0.1, 0.15) is 5.41 Å². The van der Waals surface area contributed by atoms with Crippen molar-refractivity contribution in [2.24, 2.45) is 5.41 Å². The van der Waals surface area contributed by atoms with E-state index in [2.05, 4.69) is 10.6 Å². The van der Waals surface area contributed by atoms with Gasteiger partial charge in [-0.2, -0.15) is 0 Å². The fraction of sp³-hybridized carbons (Fsp3) is 0.818. The molecule has 0 saturated heterocycles. The highest BCUT2D eigenvalue weighted by atomic mass is 16.5. The van der Waals surface area contributed by atoms with Gasteiger partial charge in [-0.3, -0.25) is 9.59 Å². The average molecular weight is 244 g/mol. The van der Waals surface area contributed by atoms with Crippen molar-refractivity contribution in [3.05, 3.63) is 0 Å². The molecule has 0 aliphatic heterocycles. The average Bonchev–Trinajstić information content (AvgIpc) is 3.10. The summed E-state index contributed by atoms with van der Waals surface area (Å²) in [5.74, 6) is -0.408. The van der Waals surface area contributed by atoms with Crippen LogP contribution in [0.15, 0.2) is 0 Å². The van der Waals surface area contributed by atoms with E-state index in [0.717, 1.165) is 0 Å². The molecule has 0 radical (unpaired) electrons. The maximum Gasteiger partial charge on any atom is 0.235 e. The fourth-order valence-electron chi connectivity index (χ4n) is 1.55. The lowest BCUT2D eigenvalue weighted by Crippen LogP contribution is -2.44. The molecule has 0 bridgehead atoms. The molecule has 1 aliphatic rings. The van der Waals surface area contributed by atoms with Gasteiger partial charge in [0.05, 0.1) is 13.2 Å². The van der Waals surface area contributed by atoms with E-state index in [1.54, 1.807) is 14.2 Å². The normalized spacial score (nSPS) is 16.4. The number of hydrogen-bond donors (Lipinski definition) is 2. The largest absolute Gasteiger partial charge is 0.383 e. The Hall–Kier alpha value is -1.14. The van der Waals surface area contributed by atoms with Crippen LogP contribution in [-0.4, -0.2) is 52.3 Å². The van der Waals surface area contributed by atoms with E-state index in [9.17, 15) is 9.59 Å². The van der Waals surface area contributed by atoms with Gasteiger partial charge in [-0.25, -0.2) is 0 Å². The van der Waals surface area contributed by atoms with Crippen LogP contribution >= 0.6 is 0 Å². The summed E-state index contributed by atoms with van der Waals surface area (Å²) in [6.07, 6.45) is 1.23. The van der Waals surface area contributed by atoms with Crippen molar-refractivity contribution in [3.8, 4) is 0 Å². The van der Waals surface area contributed by atoms with Crippen molar-refractivity contribution in [3.63, 3.8) is 0 Å². The van der Waals surface area contributed by atoms with Crippen molar-refractivity contribution in [2.45, 2.75) is 12.8 Å². The van der Waals surface area contributed by atoms with E-state index in [-0.39, 0.29) is 11.8 Å². The molecule has 1 aliphatic carbocycles. The lowest BCUT2D eigenvalue weighted by atomic mass is 10.1.